The summed E-state index contributed by atoms with van der Waals surface area (Å²) in [6.45, 7) is 0.0154. The van der Waals surface area contributed by atoms with Crippen LogP contribution in [0.2, 0.25) is 0 Å². The third-order valence-corrected chi connectivity index (χ3v) is 3.58. The number of rotatable bonds is 2. The highest BCUT2D eigenvalue weighted by molar-refractivity contribution is 5.84. The predicted octanol–water partition coefficient (Wildman–Crippen LogP) is 2.06. The van der Waals surface area contributed by atoms with Crippen LogP contribution in [0.3, 0.4) is 0 Å². The first-order valence-corrected chi connectivity index (χ1v) is 5.47. The van der Waals surface area contributed by atoms with Crippen molar-refractivity contribution < 1.29 is 23.8 Å². The van der Waals surface area contributed by atoms with E-state index >= 15 is 0 Å². The zero-order valence-electron chi connectivity index (χ0n) is 9.03. The summed E-state index contributed by atoms with van der Waals surface area (Å²) < 4.78 is 24.3. The first-order valence-electron chi connectivity index (χ1n) is 5.47. The summed E-state index contributed by atoms with van der Waals surface area (Å²) >= 11 is 0. The number of carboxylic acids is 1. The molecule has 1 aliphatic carbocycles. The van der Waals surface area contributed by atoms with Gasteiger partial charge in [0.1, 0.15) is 5.82 Å². The lowest BCUT2D eigenvalue weighted by Crippen LogP contribution is -2.43. The van der Waals surface area contributed by atoms with E-state index in [9.17, 15) is 14.3 Å². The van der Waals surface area contributed by atoms with Crippen molar-refractivity contribution in [3.05, 3.63) is 23.5 Å². The zero-order valence-corrected chi connectivity index (χ0v) is 9.03. The normalized spacial score (nSPS) is 19.8. The number of hydrogen-bond acceptors (Lipinski definition) is 3. The highest BCUT2D eigenvalue weighted by Crippen LogP contribution is 2.51. The maximum absolute atomic E-state index is 13.9. The van der Waals surface area contributed by atoms with E-state index in [1.165, 1.54) is 12.1 Å². The molecule has 0 unspecified atom stereocenters. The van der Waals surface area contributed by atoms with Crippen molar-refractivity contribution in [2.24, 2.45) is 0 Å². The topological polar surface area (TPSA) is 55.8 Å². The molecule has 1 aliphatic heterocycles. The van der Waals surface area contributed by atoms with Crippen molar-refractivity contribution in [1.82, 2.24) is 0 Å². The van der Waals surface area contributed by atoms with Crippen LogP contribution in [0.5, 0.6) is 11.5 Å². The molecule has 1 heterocycles. The van der Waals surface area contributed by atoms with Gasteiger partial charge in [0.2, 0.25) is 6.79 Å². The fraction of sp³-hybridized carbons (Fsp3) is 0.417. The largest absolute Gasteiger partial charge is 0.481 e. The molecule has 2 aliphatic rings. The van der Waals surface area contributed by atoms with E-state index in [0.29, 0.717) is 18.6 Å². The molecule has 4 nitrogen and oxygen atoms in total. The van der Waals surface area contributed by atoms with Gasteiger partial charge in [-0.15, -0.1) is 0 Å². The number of benzene rings is 1. The van der Waals surface area contributed by atoms with Crippen LogP contribution in [0.25, 0.3) is 0 Å². The van der Waals surface area contributed by atoms with Gasteiger partial charge in [-0.25, -0.2) is 4.39 Å². The van der Waals surface area contributed by atoms with Crippen LogP contribution in [0.1, 0.15) is 24.8 Å². The first kappa shape index (κ1) is 10.4. The molecule has 0 atom stereocenters. The molecule has 1 aromatic rings. The Balaban J connectivity index is 2.20. The second-order valence-corrected chi connectivity index (χ2v) is 4.40. The zero-order chi connectivity index (χ0) is 12.0. The van der Waals surface area contributed by atoms with Gasteiger partial charge in [0.25, 0.3) is 0 Å². The van der Waals surface area contributed by atoms with E-state index in [4.69, 9.17) is 9.47 Å². The molecule has 0 amide bonds. The minimum atomic E-state index is -1.14. The summed E-state index contributed by atoms with van der Waals surface area (Å²) in [4.78, 5) is 11.4. The maximum atomic E-state index is 13.9. The minimum absolute atomic E-state index is 0.0154. The van der Waals surface area contributed by atoms with E-state index in [-0.39, 0.29) is 18.1 Å². The molecule has 0 radical (unpaired) electrons. The fourth-order valence-electron chi connectivity index (χ4n) is 2.50. The monoisotopic (exact) mass is 238 g/mol. The Hall–Kier alpha value is -1.78. The number of ether oxygens (including phenoxy) is 2. The molecule has 17 heavy (non-hydrogen) atoms. The van der Waals surface area contributed by atoms with Crippen molar-refractivity contribution >= 4 is 5.97 Å². The van der Waals surface area contributed by atoms with E-state index in [1.807, 2.05) is 0 Å². The van der Waals surface area contributed by atoms with Crippen LogP contribution in [0.4, 0.5) is 4.39 Å². The van der Waals surface area contributed by atoms with Gasteiger partial charge < -0.3 is 14.6 Å². The molecule has 1 fully saturated rings. The van der Waals surface area contributed by atoms with Crippen LogP contribution in [0, 0.1) is 5.82 Å². The Kier molecular flexibility index (Phi) is 2.05. The summed E-state index contributed by atoms with van der Waals surface area (Å²) in [5.41, 5.74) is -0.991. The predicted molar refractivity (Wildman–Crippen MR) is 55.7 cm³/mol. The quantitative estimate of drug-likeness (QED) is 0.856. The molecule has 0 saturated heterocycles. The molecule has 5 heteroatoms. The number of carboxylic acid groups (broad SMARTS) is 1. The van der Waals surface area contributed by atoms with Crippen molar-refractivity contribution in [3.8, 4) is 11.5 Å². The van der Waals surface area contributed by atoms with Crippen molar-refractivity contribution in [2.75, 3.05) is 6.79 Å². The molecular weight excluding hydrogens is 227 g/mol. The number of halogens is 1. The van der Waals surface area contributed by atoms with Gasteiger partial charge in [0.05, 0.1) is 11.0 Å². The highest BCUT2D eigenvalue weighted by atomic mass is 19.1. The van der Waals surface area contributed by atoms with Crippen molar-refractivity contribution in [1.29, 1.82) is 0 Å². The summed E-state index contributed by atoms with van der Waals surface area (Å²) in [5, 5.41) is 9.33. The Morgan fingerprint density at radius 3 is 2.71 bits per heavy atom. The van der Waals surface area contributed by atoms with Crippen LogP contribution in [0.15, 0.2) is 12.1 Å². The number of hydrogen-bond donors (Lipinski definition) is 1. The van der Waals surface area contributed by atoms with Crippen molar-refractivity contribution in [3.63, 3.8) is 0 Å². The summed E-state index contributed by atoms with van der Waals surface area (Å²) in [7, 11) is 0. The standard InChI is InChI=1S/C12H11FO4/c13-7-2-3-8-10(17-6-16-8)9(7)12(11(14)15)4-1-5-12/h2-3H,1,4-6H2,(H,14,15). The lowest BCUT2D eigenvalue weighted by atomic mass is 9.64. The third kappa shape index (κ3) is 1.25. The molecular formula is C12H11FO4. The van der Waals surface area contributed by atoms with Crippen molar-refractivity contribution in [2.45, 2.75) is 24.7 Å². The third-order valence-electron chi connectivity index (χ3n) is 3.58. The van der Waals surface area contributed by atoms with Crippen LogP contribution < -0.4 is 9.47 Å². The van der Waals surface area contributed by atoms with Gasteiger partial charge in [0, 0.05) is 0 Å². The lowest BCUT2D eigenvalue weighted by Gasteiger charge is -2.38. The Morgan fingerprint density at radius 1 is 1.35 bits per heavy atom. The van der Waals surface area contributed by atoms with Gasteiger partial charge in [-0.05, 0) is 25.0 Å². The molecule has 1 saturated carbocycles. The van der Waals surface area contributed by atoms with E-state index in [1.54, 1.807) is 0 Å². The molecule has 0 aromatic heterocycles. The SMILES string of the molecule is O=C(O)C1(c2c(F)ccc3c2OCO3)CCC1. The molecule has 90 valence electrons. The molecule has 3 rings (SSSR count). The van der Waals surface area contributed by atoms with Gasteiger partial charge in [0.15, 0.2) is 11.5 Å². The average Bonchev–Trinajstić information content (AvgIpc) is 2.67. The summed E-state index contributed by atoms with van der Waals surface area (Å²) in [6, 6.07) is 2.71. The van der Waals surface area contributed by atoms with Crippen LogP contribution >= 0.6 is 0 Å². The molecule has 1 N–H and O–H groups in total. The highest BCUT2D eigenvalue weighted by Gasteiger charge is 2.50. The Morgan fingerprint density at radius 2 is 2.12 bits per heavy atom. The second kappa shape index (κ2) is 3.35. The molecule has 0 spiro atoms. The first-order chi connectivity index (χ1) is 8.15. The minimum Gasteiger partial charge on any atom is -0.481 e. The summed E-state index contributed by atoms with van der Waals surface area (Å²) in [5.74, 6) is -0.844. The fourth-order valence-corrected chi connectivity index (χ4v) is 2.50. The average molecular weight is 238 g/mol. The van der Waals surface area contributed by atoms with Gasteiger partial charge in [-0.1, -0.05) is 6.42 Å². The van der Waals surface area contributed by atoms with Gasteiger partial charge >= 0.3 is 5.97 Å². The maximum Gasteiger partial charge on any atom is 0.314 e. The van der Waals surface area contributed by atoms with E-state index in [0.717, 1.165) is 6.42 Å². The summed E-state index contributed by atoms with van der Waals surface area (Å²) in [6.07, 6.45) is 1.67. The molecule has 1 aromatic carbocycles. The Labute approximate surface area is 97.0 Å². The number of aliphatic carboxylic acids is 1. The van der Waals surface area contributed by atoms with Gasteiger partial charge in [-0.2, -0.15) is 0 Å². The van der Waals surface area contributed by atoms with E-state index < -0.39 is 17.2 Å². The lowest BCUT2D eigenvalue weighted by molar-refractivity contribution is -0.147. The number of fused-ring (bicyclic) bond motifs is 1. The Bertz CT molecular complexity index is 494. The second-order valence-electron chi connectivity index (χ2n) is 4.40. The van der Waals surface area contributed by atoms with Gasteiger partial charge in [-0.3, -0.25) is 4.79 Å². The van der Waals surface area contributed by atoms with Crippen LogP contribution in [-0.4, -0.2) is 17.9 Å². The van der Waals surface area contributed by atoms with E-state index in [2.05, 4.69) is 0 Å². The smallest absolute Gasteiger partial charge is 0.314 e. The molecule has 0 bridgehead atoms. The van der Waals surface area contributed by atoms with Crippen LogP contribution in [-0.2, 0) is 10.2 Å². The number of carbonyl (C=O) groups is 1.